The van der Waals surface area contributed by atoms with E-state index in [1.54, 1.807) is 67.6 Å². The van der Waals surface area contributed by atoms with Crippen molar-refractivity contribution in [2.75, 3.05) is 11.9 Å². The van der Waals surface area contributed by atoms with Crippen molar-refractivity contribution in [2.24, 2.45) is 0 Å². The molecule has 0 unspecified atom stereocenters. The number of aryl methyl sites for hydroxylation is 1. The molecule has 0 fully saturated rings. The van der Waals surface area contributed by atoms with Crippen LogP contribution >= 0.6 is 0 Å². The first-order chi connectivity index (χ1) is 23.6. The van der Waals surface area contributed by atoms with Crippen LogP contribution in [0.1, 0.15) is 76.4 Å². The van der Waals surface area contributed by atoms with Crippen LogP contribution in [0.25, 0.3) is 0 Å². The largest absolute Gasteiger partial charge is 0.494 e. The van der Waals surface area contributed by atoms with Crippen LogP contribution in [0.2, 0.25) is 0 Å². The number of hydrogen-bond acceptors (Lipinski definition) is 6. The average Bonchev–Trinajstić information content (AvgIpc) is 3.09. The molecule has 0 aliphatic heterocycles. The third-order valence-corrected chi connectivity index (χ3v) is 7.82. The van der Waals surface area contributed by atoms with Gasteiger partial charge in [-0.3, -0.25) is 9.59 Å². The topological polar surface area (TPSA) is 131 Å². The number of esters is 1. The maximum Gasteiger partial charge on any atom is 0.343 e. The van der Waals surface area contributed by atoms with Crippen molar-refractivity contribution < 1.29 is 38.1 Å². The fourth-order valence-electron chi connectivity index (χ4n) is 4.96. The zero-order chi connectivity index (χ0) is 35.2. The summed E-state index contributed by atoms with van der Waals surface area (Å²) in [7, 11) is 0. The highest BCUT2D eigenvalue weighted by Crippen LogP contribution is 2.19. The van der Waals surface area contributed by atoms with Crippen molar-refractivity contribution in [1.82, 2.24) is 5.32 Å². The molecule has 3 N–H and O–H groups in total. The van der Waals surface area contributed by atoms with Crippen LogP contribution in [0.5, 0.6) is 11.5 Å². The highest BCUT2D eigenvalue weighted by atomic mass is 19.1. The number of anilines is 1. The third-order valence-electron chi connectivity index (χ3n) is 7.82. The first-order valence-electron chi connectivity index (χ1n) is 16.3. The van der Waals surface area contributed by atoms with Crippen molar-refractivity contribution in [2.45, 2.75) is 64.8 Å². The Morgan fingerprint density at radius 3 is 2.06 bits per heavy atom. The van der Waals surface area contributed by atoms with E-state index in [1.165, 1.54) is 49.6 Å². The number of unbranched alkanes of at least 4 members (excludes halogenated alkanes) is 4. The van der Waals surface area contributed by atoms with Gasteiger partial charge in [-0.1, -0.05) is 56.9 Å². The molecule has 0 aromatic heterocycles. The van der Waals surface area contributed by atoms with Gasteiger partial charge in [0.05, 0.1) is 18.6 Å². The predicted molar refractivity (Wildman–Crippen MR) is 185 cm³/mol. The van der Waals surface area contributed by atoms with E-state index in [-0.39, 0.29) is 35.9 Å². The standard InChI is InChI=1S/C39H41FN2O7/c1-3-4-5-6-7-22-48-32-20-14-30(15-21-32)39(47)49-33-18-10-27(11-19-33)24-35(38(45)46)42-37(44)29-12-16-31(17-13-29)41-36(43)25-28-9-8-26(2)34(40)23-28/h8-21,23,35H,3-7,22,24-25H2,1-2H3,(H,41,43)(H,42,44)(H,45,46)/t35-/m0/s1. The van der Waals surface area contributed by atoms with Gasteiger partial charge in [0.1, 0.15) is 23.4 Å². The van der Waals surface area contributed by atoms with E-state index in [4.69, 9.17) is 9.47 Å². The summed E-state index contributed by atoms with van der Waals surface area (Å²) in [6.07, 6.45) is 5.70. The number of rotatable bonds is 17. The maximum atomic E-state index is 13.8. The molecule has 0 bridgehead atoms. The second kappa shape index (κ2) is 18.1. The van der Waals surface area contributed by atoms with Crippen LogP contribution in [0.3, 0.4) is 0 Å². The van der Waals surface area contributed by atoms with Crippen LogP contribution in [0.15, 0.2) is 91.0 Å². The third kappa shape index (κ3) is 11.6. The zero-order valence-corrected chi connectivity index (χ0v) is 27.7. The summed E-state index contributed by atoms with van der Waals surface area (Å²) in [5.41, 5.74) is 2.62. The summed E-state index contributed by atoms with van der Waals surface area (Å²) in [4.78, 5) is 49.9. The molecule has 0 saturated carbocycles. The van der Waals surface area contributed by atoms with E-state index >= 15 is 0 Å². The number of halogens is 1. The Kier molecular flexibility index (Phi) is 13.5. The van der Waals surface area contributed by atoms with E-state index in [9.17, 15) is 28.7 Å². The first-order valence-corrected chi connectivity index (χ1v) is 16.3. The summed E-state index contributed by atoms with van der Waals surface area (Å²) >= 11 is 0. The number of carbonyl (C=O) groups excluding carboxylic acids is 3. The Morgan fingerprint density at radius 1 is 0.776 bits per heavy atom. The highest BCUT2D eigenvalue weighted by Gasteiger charge is 2.21. The highest BCUT2D eigenvalue weighted by molar-refractivity contribution is 5.98. The fourth-order valence-corrected chi connectivity index (χ4v) is 4.96. The van der Waals surface area contributed by atoms with Gasteiger partial charge >= 0.3 is 11.9 Å². The number of nitrogens with one attached hydrogen (secondary N) is 2. The maximum absolute atomic E-state index is 13.8. The van der Waals surface area contributed by atoms with E-state index in [1.807, 2.05) is 0 Å². The normalized spacial score (nSPS) is 11.3. The summed E-state index contributed by atoms with van der Waals surface area (Å²) in [6.45, 7) is 4.44. The van der Waals surface area contributed by atoms with Crippen LogP contribution in [-0.2, 0) is 22.4 Å². The lowest BCUT2D eigenvalue weighted by atomic mass is 10.0. The van der Waals surface area contributed by atoms with Crippen molar-refractivity contribution >= 4 is 29.4 Å². The zero-order valence-electron chi connectivity index (χ0n) is 27.7. The minimum absolute atomic E-state index is 0.0108. The van der Waals surface area contributed by atoms with E-state index in [2.05, 4.69) is 17.6 Å². The molecule has 1 atom stereocenters. The number of hydrogen-bond donors (Lipinski definition) is 3. The fraction of sp³-hybridized carbons (Fsp3) is 0.282. The Labute approximate surface area is 285 Å². The van der Waals surface area contributed by atoms with E-state index < -0.39 is 23.9 Å². The number of carboxylic acid groups (broad SMARTS) is 1. The molecule has 2 amide bonds. The Hall–Kier alpha value is -5.51. The molecule has 10 heteroatoms. The molecule has 4 aromatic carbocycles. The van der Waals surface area contributed by atoms with E-state index in [0.29, 0.717) is 40.3 Å². The van der Waals surface area contributed by atoms with Crippen LogP contribution in [0, 0.1) is 12.7 Å². The molecule has 0 heterocycles. The molecular weight excluding hydrogens is 627 g/mol. The monoisotopic (exact) mass is 668 g/mol. The van der Waals surface area contributed by atoms with Gasteiger partial charge in [-0.15, -0.1) is 0 Å². The van der Waals surface area contributed by atoms with Gasteiger partial charge in [-0.2, -0.15) is 0 Å². The lowest BCUT2D eigenvalue weighted by molar-refractivity contribution is -0.139. The number of amides is 2. The van der Waals surface area contributed by atoms with E-state index in [0.717, 1.165) is 12.8 Å². The van der Waals surface area contributed by atoms with Crippen molar-refractivity contribution in [1.29, 1.82) is 0 Å². The minimum Gasteiger partial charge on any atom is -0.494 e. The summed E-state index contributed by atoms with van der Waals surface area (Å²) in [6, 6.07) is 22.5. The molecule has 49 heavy (non-hydrogen) atoms. The van der Waals surface area contributed by atoms with Gasteiger partial charge in [-0.05, 0) is 96.8 Å². The molecule has 256 valence electrons. The van der Waals surface area contributed by atoms with Crippen LogP contribution < -0.4 is 20.1 Å². The molecule has 4 aromatic rings. The van der Waals surface area contributed by atoms with Crippen molar-refractivity contribution in [3.05, 3.63) is 125 Å². The van der Waals surface area contributed by atoms with Gasteiger partial charge in [0.2, 0.25) is 5.91 Å². The number of ether oxygens (including phenoxy) is 2. The first kappa shape index (κ1) is 36.3. The number of benzene rings is 4. The molecule has 0 radical (unpaired) electrons. The Bertz CT molecular complexity index is 1720. The van der Waals surface area contributed by atoms with Gasteiger partial charge < -0.3 is 25.2 Å². The molecular formula is C39H41FN2O7. The summed E-state index contributed by atoms with van der Waals surface area (Å²) in [5, 5.41) is 15.0. The molecule has 0 saturated heterocycles. The molecule has 4 rings (SSSR count). The number of carbonyl (C=O) groups is 4. The van der Waals surface area contributed by atoms with Crippen molar-refractivity contribution in [3.63, 3.8) is 0 Å². The summed E-state index contributed by atoms with van der Waals surface area (Å²) < 4.78 is 25.0. The average molecular weight is 669 g/mol. The molecule has 0 aliphatic rings. The van der Waals surface area contributed by atoms with Crippen molar-refractivity contribution in [3.8, 4) is 11.5 Å². The molecule has 0 spiro atoms. The SMILES string of the molecule is CCCCCCCOc1ccc(C(=O)Oc2ccc(C[C@H](NC(=O)c3ccc(NC(=O)Cc4ccc(C)c(F)c4)cc3)C(=O)O)cc2)cc1. The smallest absolute Gasteiger partial charge is 0.343 e. The quantitative estimate of drug-likeness (QED) is 0.0611. The van der Waals surface area contributed by atoms with Gasteiger partial charge in [-0.25, -0.2) is 14.0 Å². The van der Waals surface area contributed by atoms with Gasteiger partial charge in [0.15, 0.2) is 0 Å². The van der Waals surface area contributed by atoms with Crippen LogP contribution in [-0.4, -0.2) is 41.5 Å². The molecule has 0 aliphatic carbocycles. The predicted octanol–water partition coefficient (Wildman–Crippen LogP) is 7.31. The van der Waals surface area contributed by atoms with Gasteiger partial charge in [0, 0.05) is 17.7 Å². The van der Waals surface area contributed by atoms with Crippen LogP contribution in [0.4, 0.5) is 10.1 Å². The number of aliphatic carboxylic acids is 1. The number of carboxylic acids is 1. The second-order valence-electron chi connectivity index (χ2n) is 11.8. The lowest BCUT2D eigenvalue weighted by Gasteiger charge is -2.15. The molecule has 9 nitrogen and oxygen atoms in total. The second-order valence-corrected chi connectivity index (χ2v) is 11.8. The lowest BCUT2D eigenvalue weighted by Crippen LogP contribution is -2.42. The Morgan fingerprint density at radius 2 is 1.41 bits per heavy atom. The minimum atomic E-state index is -1.23. The summed E-state index contributed by atoms with van der Waals surface area (Å²) in [5.74, 6) is -2.12. The van der Waals surface area contributed by atoms with Gasteiger partial charge in [0.25, 0.3) is 5.91 Å². The Balaban J connectivity index is 1.24.